The number of nitrogens with one attached hydrogen (secondary N) is 1. The van der Waals surface area contributed by atoms with Crippen LogP contribution in [0, 0.1) is 0 Å². The Labute approximate surface area is 134 Å². The highest BCUT2D eigenvalue weighted by molar-refractivity contribution is 6.19. The Kier molecular flexibility index (Phi) is 3.24. The lowest BCUT2D eigenvalue weighted by Crippen LogP contribution is -2.24. The molecule has 1 heterocycles. The first-order valence-electron chi connectivity index (χ1n) is 7.45. The number of rotatable bonds is 2. The molecular weight excluding hydrogens is 284 g/mol. The summed E-state index contributed by atoms with van der Waals surface area (Å²) in [6, 6.07) is 23.9. The molecule has 3 aromatic carbocycles. The van der Waals surface area contributed by atoms with Gasteiger partial charge in [-0.1, -0.05) is 66.7 Å². The molecule has 0 unspecified atom stereocenters. The number of carbonyl (C=O) groups excluding carboxylic acids is 1. The Morgan fingerprint density at radius 2 is 1.57 bits per heavy atom. The van der Waals surface area contributed by atoms with Gasteiger partial charge in [0.15, 0.2) is 0 Å². The highest BCUT2D eigenvalue weighted by Gasteiger charge is 2.20. The molecule has 0 saturated carbocycles. The average Bonchev–Trinajstić information content (AvgIpc) is 2.96. The first-order valence-corrected chi connectivity index (χ1v) is 7.45. The van der Waals surface area contributed by atoms with Crippen molar-refractivity contribution in [3.63, 3.8) is 0 Å². The predicted molar refractivity (Wildman–Crippen MR) is 93.0 cm³/mol. The van der Waals surface area contributed by atoms with Crippen molar-refractivity contribution in [2.45, 2.75) is 0 Å². The van der Waals surface area contributed by atoms with Crippen LogP contribution in [0.2, 0.25) is 0 Å². The summed E-state index contributed by atoms with van der Waals surface area (Å²) < 4.78 is 0. The third kappa shape index (κ3) is 2.64. The molecular formula is C20H14N2O. The molecule has 23 heavy (non-hydrogen) atoms. The third-order valence-electron chi connectivity index (χ3n) is 3.82. The van der Waals surface area contributed by atoms with Crippen LogP contribution in [0.5, 0.6) is 0 Å². The van der Waals surface area contributed by atoms with E-state index in [1.165, 1.54) is 5.39 Å². The zero-order valence-electron chi connectivity index (χ0n) is 12.4. The summed E-state index contributed by atoms with van der Waals surface area (Å²) in [7, 11) is 0. The number of amides is 1. The van der Waals surface area contributed by atoms with Gasteiger partial charge in [0.25, 0.3) is 5.91 Å². The van der Waals surface area contributed by atoms with E-state index in [0.29, 0.717) is 11.5 Å². The maximum Gasteiger partial charge on any atom is 0.275 e. The maximum absolute atomic E-state index is 12.1. The largest absolute Gasteiger partial charge is 0.305 e. The molecule has 0 aromatic heterocycles. The first kappa shape index (κ1) is 13.5. The minimum atomic E-state index is -0.169. The summed E-state index contributed by atoms with van der Waals surface area (Å²) in [4.78, 5) is 16.6. The van der Waals surface area contributed by atoms with Gasteiger partial charge in [-0.05, 0) is 28.5 Å². The van der Waals surface area contributed by atoms with Crippen LogP contribution in [0.1, 0.15) is 11.1 Å². The molecule has 0 radical (unpaired) electrons. The fourth-order valence-electron chi connectivity index (χ4n) is 2.66. The van der Waals surface area contributed by atoms with Crippen molar-refractivity contribution in [3.05, 3.63) is 89.6 Å². The Balaban J connectivity index is 1.72. The zero-order valence-corrected chi connectivity index (χ0v) is 12.4. The second kappa shape index (κ2) is 5.54. The molecule has 1 amide bonds. The number of nitrogens with zero attached hydrogens (tertiary/aromatic N) is 1. The van der Waals surface area contributed by atoms with Gasteiger partial charge in [-0.25, -0.2) is 4.99 Å². The molecule has 3 heteroatoms. The Bertz CT molecular complexity index is 956. The average molecular weight is 298 g/mol. The van der Waals surface area contributed by atoms with Gasteiger partial charge in [0.05, 0.1) is 0 Å². The Hall–Kier alpha value is -3.20. The molecule has 0 bridgehead atoms. The van der Waals surface area contributed by atoms with Gasteiger partial charge in [-0.2, -0.15) is 0 Å². The number of aliphatic imine (C=N–C) groups is 1. The van der Waals surface area contributed by atoms with Crippen LogP contribution in [0.4, 0.5) is 0 Å². The highest BCUT2D eigenvalue weighted by Crippen LogP contribution is 2.19. The van der Waals surface area contributed by atoms with Crippen LogP contribution < -0.4 is 5.32 Å². The van der Waals surface area contributed by atoms with Gasteiger partial charge in [-0.3, -0.25) is 4.79 Å². The minimum absolute atomic E-state index is 0.169. The van der Waals surface area contributed by atoms with E-state index < -0.39 is 0 Å². The molecule has 4 rings (SSSR count). The van der Waals surface area contributed by atoms with Gasteiger partial charge in [0, 0.05) is 5.56 Å². The lowest BCUT2D eigenvalue weighted by atomic mass is 10.1. The number of carbonyl (C=O) groups is 1. The molecule has 0 fully saturated rings. The molecule has 1 aliphatic heterocycles. The Morgan fingerprint density at radius 1 is 0.826 bits per heavy atom. The SMILES string of the molecule is O=C1NC(c2ccccc2)=N/C1=C\c1ccc2ccccc2c1. The summed E-state index contributed by atoms with van der Waals surface area (Å²) in [5.41, 5.74) is 2.30. The number of fused-ring (bicyclic) bond motifs is 1. The molecule has 0 atom stereocenters. The van der Waals surface area contributed by atoms with E-state index in [0.717, 1.165) is 16.5 Å². The van der Waals surface area contributed by atoms with Crippen LogP contribution in [-0.2, 0) is 4.79 Å². The van der Waals surface area contributed by atoms with Crippen molar-refractivity contribution < 1.29 is 4.79 Å². The van der Waals surface area contributed by atoms with Crippen molar-refractivity contribution in [2.24, 2.45) is 4.99 Å². The summed E-state index contributed by atoms with van der Waals surface area (Å²) in [5, 5.41) is 5.15. The van der Waals surface area contributed by atoms with Crippen LogP contribution >= 0.6 is 0 Å². The first-order chi connectivity index (χ1) is 11.3. The highest BCUT2D eigenvalue weighted by atomic mass is 16.2. The van der Waals surface area contributed by atoms with Crippen molar-refractivity contribution in [3.8, 4) is 0 Å². The second-order valence-corrected chi connectivity index (χ2v) is 5.42. The van der Waals surface area contributed by atoms with Crippen LogP contribution in [0.15, 0.2) is 83.5 Å². The molecule has 0 saturated heterocycles. The van der Waals surface area contributed by atoms with Crippen LogP contribution in [0.25, 0.3) is 16.8 Å². The number of hydrogen-bond acceptors (Lipinski definition) is 2. The molecule has 0 aliphatic carbocycles. The molecule has 110 valence electrons. The van der Waals surface area contributed by atoms with Gasteiger partial charge in [0.2, 0.25) is 0 Å². The van der Waals surface area contributed by atoms with E-state index in [1.54, 1.807) is 0 Å². The van der Waals surface area contributed by atoms with Gasteiger partial charge in [0.1, 0.15) is 11.5 Å². The van der Waals surface area contributed by atoms with Crippen molar-refractivity contribution in [1.29, 1.82) is 0 Å². The fourth-order valence-corrected chi connectivity index (χ4v) is 2.66. The van der Waals surface area contributed by atoms with Gasteiger partial charge < -0.3 is 5.32 Å². The second-order valence-electron chi connectivity index (χ2n) is 5.42. The van der Waals surface area contributed by atoms with E-state index in [1.807, 2.05) is 54.6 Å². The van der Waals surface area contributed by atoms with Gasteiger partial charge >= 0.3 is 0 Å². The Morgan fingerprint density at radius 3 is 2.39 bits per heavy atom. The van der Waals surface area contributed by atoms with Crippen LogP contribution in [-0.4, -0.2) is 11.7 Å². The van der Waals surface area contributed by atoms with E-state index in [4.69, 9.17) is 0 Å². The molecule has 3 aromatic rings. The van der Waals surface area contributed by atoms with Crippen molar-refractivity contribution in [2.75, 3.05) is 0 Å². The number of amidine groups is 1. The molecule has 1 N–H and O–H groups in total. The topological polar surface area (TPSA) is 41.5 Å². The normalized spacial score (nSPS) is 15.7. The van der Waals surface area contributed by atoms with Crippen LogP contribution in [0.3, 0.4) is 0 Å². The predicted octanol–water partition coefficient (Wildman–Crippen LogP) is 3.76. The summed E-state index contributed by atoms with van der Waals surface area (Å²) in [6.45, 7) is 0. The smallest absolute Gasteiger partial charge is 0.275 e. The minimum Gasteiger partial charge on any atom is -0.305 e. The van der Waals surface area contributed by atoms with E-state index in [9.17, 15) is 4.79 Å². The quantitative estimate of drug-likeness (QED) is 0.719. The molecule has 3 nitrogen and oxygen atoms in total. The van der Waals surface area contributed by atoms with E-state index >= 15 is 0 Å². The molecule has 1 aliphatic rings. The van der Waals surface area contributed by atoms with Crippen molar-refractivity contribution >= 4 is 28.6 Å². The number of hydrogen-bond donors (Lipinski definition) is 1. The summed E-state index contributed by atoms with van der Waals surface area (Å²) in [6.07, 6.45) is 1.82. The maximum atomic E-state index is 12.1. The van der Waals surface area contributed by atoms with E-state index in [2.05, 4.69) is 34.6 Å². The fraction of sp³-hybridized carbons (Fsp3) is 0. The van der Waals surface area contributed by atoms with Crippen molar-refractivity contribution in [1.82, 2.24) is 5.32 Å². The zero-order chi connectivity index (χ0) is 15.6. The summed E-state index contributed by atoms with van der Waals surface area (Å²) >= 11 is 0. The monoisotopic (exact) mass is 298 g/mol. The molecule has 0 spiro atoms. The number of benzene rings is 3. The lowest BCUT2D eigenvalue weighted by molar-refractivity contribution is -0.115. The summed E-state index contributed by atoms with van der Waals surface area (Å²) in [5.74, 6) is 0.430. The third-order valence-corrected chi connectivity index (χ3v) is 3.82. The van der Waals surface area contributed by atoms with Gasteiger partial charge in [-0.15, -0.1) is 0 Å². The standard InChI is InChI=1S/C20H14N2O/c23-20-18(21-19(22-20)16-7-2-1-3-8-16)13-14-10-11-15-6-4-5-9-17(15)12-14/h1-13H,(H,21,22,23)/b18-13-. The lowest BCUT2D eigenvalue weighted by Gasteiger charge is -1.99. The van der Waals surface area contributed by atoms with E-state index in [-0.39, 0.29) is 5.91 Å².